The second-order valence-electron chi connectivity index (χ2n) is 9.35. The van der Waals surface area contributed by atoms with Crippen molar-refractivity contribution in [2.75, 3.05) is 7.05 Å². The highest BCUT2D eigenvalue weighted by Crippen LogP contribution is 2.39. The van der Waals surface area contributed by atoms with Crippen LogP contribution in [0.5, 0.6) is 0 Å². The number of halogens is 3. The molecule has 9 nitrogen and oxygen atoms in total. The molecule has 4 rings (SSSR count). The molecule has 2 aromatic carbocycles. The van der Waals surface area contributed by atoms with Crippen LogP contribution in [0.25, 0.3) is 0 Å². The van der Waals surface area contributed by atoms with Gasteiger partial charge < -0.3 is 5.11 Å². The van der Waals surface area contributed by atoms with Gasteiger partial charge >= 0.3 is 12.1 Å². The van der Waals surface area contributed by atoms with Crippen LogP contribution in [0.3, 0.4) is 0 Å². The maximum atomic E-state index is 13.8. The van der Waals surface area contributed by atoms with E-state index in [1.165, 1.54) is 42.2 Å². The van der Waals surface area contributed by atoms with E-state index in [0.29, 0.717) is 42.7 Å². The lowest BCUT2D eigenvalue weighted by atomic mass is 9.93. The van der Waals surface area contributed by atoms with Gasteiger partial charge in [0.2, 0.25) is 19.9 Å². The molecule has 1 aliphatic carbocycles. The molecule has 1 heterocycles. The van der Waals surface area contributed by atoms with Crippen molar-refractivity contribution in [3.8, 4) is 0 Å². The van der Waals surface area contributed by atoms with Crippen LogP contribution in [-0.2, 0) is 43.8 Å². The number of aromatic nitrogens is 2. The van der Waals surface area contributed by atoms with Crippen molar-refractivity contribution in [3.05, 3.63) is 71.0 Å². The number of aliphatic carboxylic acids is 1. The smallest absolute Gasteiger partial charge is 0.416 e. The summed E-state index contributed by atoms with van der Waals surface area (Å²) in [4.78, 5) is 9.10. The fourth-order valence-corrected chi connectivity index (χ4v) is 7.44. The average molecular weight is 586 g/mol. The normalized spacial score (nSPS) is 16.3. The summed E-state index contributed by atoms with van der Waals surface area (Å²) in [5, 5.41) is 13.2. The lowest BCUT2D eigenvalue weighted by Gasteiger charge is -2.31. The third-order valence-corrected chi connectivity index (χ3v) is 10.3. The quantitative estimate of drug-likeness (QED) is 0.420. The zero-order valence-corrected chi connectivity index (χ0v) is 22.6. The van der Waals surface area contributed by atoms with Gasteiger partial charge in [-0.3, -0.25) is 9.48 Å². The molecule has 0 aliphatic heterocycles. The van der Waals surface area contributed by atoms with Gasteiger partial charge in [0.1, 0.15) is 0 Å². The van der Waals surface area contributed by atoms with Crippen LogP contribution in [0, 0.1) is 6.92 Å². The van der Waals surface area contributed by atoms with Crippen LogP contribution in [0.1, 0.15) is 47.7 Å². The predicted molar refractivity (Wildman–Crippen MR) is 133 cm³/mol. The molecule has 1 N–H and O–H groups in total. The minimum atomic E-state index is -5.01. The Morgan fingerprint density at radius 3 is 2.33 bits per heavy atom. The Hall–Kier alpha value is -3.23. The van der Waals surface area contributed by atoms with Gasteiger partial charge in [0.25, 0.3) is 0 Å². The number of carbonyl (C=O) groups is 1. The van der Waals surface area contributed by atoms with Crippen LogP contribution < -0.4 is 0 Å². The van der Waals surface area contributed by atoms with Crippen molar-refractivity contribution in [1.29, 1.82) is 0 Å². The highest BCUT2D eigenvalue weighted by atomic mass is 32.2. The first-order valence-electron chi connectivity index (χ1n) is 11.9. The molecule has 210 valence electrons. The van der Waals surface area contributed by atoms with Crippen LogP contribution in [-0.4, -0.2) is 49.0 Å². The highest BCUT2D eigenvalue weighted by Gasteiger charge is 2.38. The van der Waals surface area contributed by atoms with Crippen molar-refractivity contribution in [2.45, 2.75) is 66.1 Å². The van der Waals surface area contributed by atoms with Crippen LogP contribution in [0.4, 0.5) is 13.2 Å². The van der Waals surface area contributed by atoms with E-state index < -0.39 is 53.4 Å². The number of rotatable bonds is 8. The maximum Gasteiger partial charge on any atom is 0.416 e. The molecule has 0 fully saturated rings. The van der Waals surface area contributed by atoms with E-state index >= 15 is 0 Å². The summed E-state index contributed by atoms with van der Waals surface area (Å²) >= 11 is 0. The second-order valence-corrected chi connectivity index (χ2v) is 13.3. The first-order valence-corrected chi connectivity index (χ1v) is 14.8. The summed E-state index contributed by atoms with van der Waals surface area (Å²) in [7, 11) is -7.87. The Kier molecular flexibility index (Phi) is 7.67. The van der Waals surface area contributed by atoms with Crippen molar-refractivity contribution < 1.29 is 39.9 Å². The van der Waals surface area contributed by atoms with E-state index in [4.69, 9.17) is 5.11 Å². The number of alkyl halides is 3. The summed E-state index contributed by atoms with van der Waals surface area (Å²) in [6.07, 6.45) is -2.35. The molecule has 0 unspecified atom stereocenters. The zero-order chi connectivity index (χ0) is 28.8. The molecule has 0 radical (unpaired) electrons. The third kappa shape index (κ3) is 5.72. The molecule has 0 saturated carbocycles. The molecular weight excluding hydrogens is 559 g/mol. The molecule has 3 aromatic rings. The van der Waals surface area contributed by atoms with Crippen molar-refractivity contribution in [1.82, 2.24) is 14.1 Å². The van der Waals surface area contributed by atoms with Gasteiger partial charge in [0, 0.05) is 18.3 Å². The Labute approximate surface area is 223 Å². The lowest BCUT2D eigenvalue weighted by molar-refractivity contribution is -0.138. The van der Waals surface area contributed by atoms with Crippen molar-refractivity contribution >= 4 is 25.8 Å². The van der Waals surface area contributed by atoms with E-state index in [0.717, 1.165) is 15.9 Å². The maximum absolute atomic E-state index is 13.8. The van der Waals surface area contributed by atoms with Crippen molar-refractivity contribution in [3.63, 3.8) is 0 Å². The largest absolute Gasteiger partial charge is 0.481 e. The molecule has 0 saturated heterocycles. The van der Waals surface area contributed by atoms with E-state index in [1.54, 1.807) is 6.92 Å². The van der Waals surface area contributed by atoms with Gasteiger partial charge in [-0.1, -0.05) is 17.7 Å². The van der Waals surface area contributed by atoms with Crippen LogP contribution in [0.2, 0.25) is 0 Å². The Morgan fingerprint density at radius 2 is 1.72 bits per heavy atom. The minimum Gasteiger partial charge on any atom is -0.481 e. The number of aryl methyl sites for hydroxylation is 2. The highest BCUT2D eigenvalue weighted by molar-refractivity contribution is 7.91. The molecule has 0 spiro atoms. The number of benzene rings is 2. The topological polar surface area (TPSA) is 127 Å². The van der Waals surface area contributed by atoms with Gasteiger partial charge in [-0.2, -0.15) is 22.6 Å². The molecular formula is C25H26F3N3O6S2. The molecule has 1 atom stereocenters. The van der Waals surface area contributed by atoms with Crippen LogP contribution >= 0.6 is 0 Å². The fraction of sp³-hybridized carbons (Fsp3) is 0.360. The molecule has 14 heteroatoms. The first-order chi connectivity index (χ1) is 18.1. The summed E-state index contributed by atoms with van der Waals surface area (Å²) in [6.45, 7) is 1.80. The number of hydrogen-bond donors (Lipinski definition) is 1. The third-order valence-electron chi connectivity index (χ3n) is 6.73. The zero-order valence-electron chi connectivity index (χ0n) is 21.0. The number of carboxylic acid groups (broad SMARTS) is 1. The SMILES string of the molecule is Cc1ccc(S(=O)(=O)c2cc(C(F)(F)F)cc(S(=O)(=O)N(C)[C@@H]3CCCc4c3cnn4CCC(=O)O)c2)cc1. The Morgan fingerprint density at radius 1 is 1.08 bits per heavy atom. The molecule has 1 aliphatic rings. The number of sulfone groups is 1. The van der Waals surface area contributed by atoms with Crippen LogP contribution in [0.15, 0.2) is 63.3 Å². The molecule has 0 amide bonds. The van der Waals surface area contributed by atoms with Gasteiger partial charge in [0.15, 0.2) is 0 Å². The minimum absolute atomic E-state index is 0.0850. The summed E-state index contributed by atoms with van der Waals surface area (Å²) < 4.78 is 97.6. The van der Waals surface area contributed by atoms with E-state index in [-0.39, 0.29) is 17.9 Å². The number of nitrogens with zero attached hydrogens (tertiary/aromatic N) is 3. The Bertz CT molecular complexity index is 1620. The summed E-state index contributed by atoms with van der Waals surface area (Å²) in [5.41, 5.74) is 0.507. The summed E-state index contributed by atoms with van der Waals surface area (Å²) in [5.74, 6) is -1.02. The number of sulfonamides is 1. The van der Waals surface area contributed by atoms with Gasteiger partial charge in [-0.05, 0) is 56.5 Å². The predicted octanol–water partition coefficient (Wildman–Crippen LogP) is 4.22. The van der Waals surface area contributed by atoms with E-state index in [2.05, 4.69) is 5.10 Å². The number of hydrogen-bond acceptors (Lipinski definition) is 6. The molecule has 0 bridgehead atoms. The standard InChI is InChI=1S/C25H26F3N3O6S2/c1-16-6-8-18(9-7-16)38(34,35)19-12-17(25(26,27)28)13-20(14-19)39(36,37)30(2)22-4-3-5-23-21(22)15-29-31(23)11-10-24(32)33/h6-9,12-15,22H,3-5,10-11H2,1-2H3,(H,32,33)/t22-/m1/s1. The first kappa shape index (κ1) is 28.8. The van der Waals surface area contributed by atoms with Gasteiger partial charge in [-0.15, -0.1) is 0 Å². The molecule has 1 aromatic heterocycles. The monoisotopic (exact) mass is 585 g/mol. The second kappa shape index (κ2) is 10.4. The lowest BCUT2D eigenvalue weighted by Crippen LogP contribution is -2.33. The van der Waals surface area contributed by atoms with E-state index in [9.17, 15) is 34.8 Å². The Balaban J connectivity index is 1.78. The molecule has 39 heavy (non-hydrogen) atoms. The van der Waals surface area contributed by atoms with Crippen molar-refractivity contribution in [2.24, 2.45) is 0 Å². The number of fused-ring (bicyclic) bond motifs is 1. The summed E-state index contributed by atoms with van der Waals surface area (Å²) in [6, 6.07) is 6.29. The van der Waals surface area contributed by atoms with E-state index in [1.807, 2.05) is 0 Å². The number of carboxylic acids is 1. The van der Waals surface area contributed by atoms with Gasteiger partial charge in [0.05, 0.1) is 45.5 Å². The fourth-order valence-electron chi connectivity index (χ4n) is 4.59. The average Bonchev–Trinajstić information content (AvgIpc) is 3.29. The van der Waals surface area contributed by atoms with Gasteiger partial charge in [-0.25, -0.2) is 16.8 Å².